The van der Waals surface area contributed by atoms with Gasteiger partial charge in [0.05, 0.1) is 11.4 Å². The zero-order chi connectivity index (χ0) is 45.0. The first kappa shape index (κ1) is 43.6. The number of hydrogen-bond acceptors (Lipinski definition) is 2. The zero-order valence-corrected chi connectivity index (χ0v) is 39.4. The van der Waals surface area contributed by atoms with Crippen LogP contribution >= 0.6 is 0 Å². The number of allylic oxidation sites excluding steroid dienone is 1. The van der Waals surface area contributed by atoms with E-state index in [0.29, 0.717) is 11.8 Å². The molecule has 2 heteroatoms. The maximum atomic E-state index is 4.28. The second-order valence-corrected chi connectivity index (χ2v) is 18.2. The summed E-state index contributed by atoms with van der Waals surface area (Å²) in [6, 6.07) is 57.5. The van der Waals surface area contributed by atoms with Crippen LogP contribution in [0.1, 0.15) is 101 Å². The number of anilines is 5. The third kappa shape index (κ3) is 8.44. The number of hydrogen-bond donors (Lipinski definition) is 0. The topological polar surface area (TPSA) is 6.48 Å². The molecule has 0 radical (unpaired) electrons. The number of fused-ring (bicyclic) bond motifs is 1. The van der Waals surface area contributed by atoms with Crippen LogP contribution < -0.4 is 20.2 Å². The van der Waals surface area contributed by atoms with E-state index >= 15 is 0 Å². The summed E-state index contributed by atoms with van der Waals surface area (Å²) in [6.45, 7) is 19.0. The molecule has 0 aromatic heterocycles. The first-order valence-corrected chi connectivity index (χ1v) is 24.3. The van der Waals surface area contributed by atoms with Gasteiger partial charge in [0.2, 0.25) is 0 Å². The lowest BCUT2D eigenvalue weighted by molar-refractivity contribution is 0.739. The molecule has 0 fully saturated rings. The molecule has 2 nitrogen and oxygen atoms in total. The normalized spacial score (nSPS) is 13.2. The van der Waals surface area contributed by atoms with E-state index in [-0.39, 0.29) is 0 Å². The zero-order valence-electron chi connectivity index (χ0n) is 39.4. The lowest BCUT2D eigenvalue weighted by atomic mass is 9.82. The first-order chi connectivity index (χ1) is 31.8. The fourth-order valence-electron chi connectivity index (χ4n) is 10.1. The third-order valence-corrected chi connectivity index (χ3v) is 14.0. The lowest BCUT2D eigenvalue weighted by Gasteiger charge is -2.32. The largest absolute Gasteiger partial charge is 0.337 e. The Morgan fingerprint density at radius 1 is 0.508 bits per heavy atom. The summed E-state index contributed by atoms with van der Waals surface area (Å²) >= 11 is 0. The smallest absolute Gasteiger partial charge is 0.0543 e. The van der Waals surface area contributed by atoms with E-state index in [2.05, 4.69) is 228 Å². The Bertz CT molecular complexity index is 3220. The van der Waals surface area contributed by atoms with Crippen molar-refractivity contribution in [2.75, 3.05) is 16.3 Å². The molecule has 65 heavy (non-hydrogen) atoms. The molecule has 0 saturated heterocycles. The number of aryl methyl sites for hydroxylation is 2. The highest BCUT2D eigenvalue weighted by Gasteiger charge is 2.26. The van der Waals surface area contributed by atoms with E-state index in [1.807, 2.05) is 0 Å². The van der Waals surface area contributed by atoms with Gasteiger partial charge in [0, 0.05) is 39.8 Å². The quantitative estimate of drug-likeness (QED) is 0.0894. The summed E-state index contributed by atoms with van der Waals surface area (Å²) in [7, 11) is 0. The average molecular weight is 849 g/mol. The molecule has 0 spiro atoms. The summed E-state index contributed by atoms with van der Waals surface area (Å²) < 4.78 is 0. The maximum Gasteiger partial charge on any atom is 0.0543 e. The van der Waals surface area contributed by atoms with Gasteiger partial charge in [-0.25, -0.2) is 0 Å². The average Bonchev–Trinajstić information content (AvgIpc) is 3.34. The lowest BCUT2D eigenvalue weighted by Crippen LogP contribution is -2.21. The molecule has 0 saturated carbocycles. The van der Waals surface area contributed by atoms with Crippen molar-refractivity contribution in [2.24, 2.45) is 0 Å². The van der Waals surface area contributed by atoms with Gasteiger partial charge in [-0.2, -0.15) is 0 Å². The molecule has 2 atom stereocenters. The van der Waals surface area contributed by atoms with Gasteiger partial charge in [-0.15, -0.1) is 0 Å². The number of benzene rings is 9. The van der Waals surface area contributed by atoms with Crippen LogP contribution in [0.4, 0.5) is 28.4 Å². The minimum Gasteiger partial charge on any atom is -0.337 e. The molecule has 9 rings (SSSR count). The highest BCUT2D eigenvalue weighted by atomic mass is 15.1. The van der Waals surface area contributed by atoms with Crippen LogP contribution in [0.5, 0.6) is 0 Å². The van der Waals surface area contributed by atoms with Crippen LogP contribution in [-0.2, 0) is 12.8 Å². The minimum absolute atomic E-state index is 0.357. The summed E-state index contributed by atoms with van der Waals surface area (Å²) in [5.41, 5.74) is 11.6. The molecule has 0 N–H and O–H groups in total. The molecule has 0 bridgehead atoms. The minimum atomic E-state index is 0.357. The SMILES string of the molecule is C=c1cccc/c1=C/C=C\CN(c1ccc(CCC)cc1)c1cc(C(C)CC)c2ccc3c(N(c4ccc(CCC)cc4)c4cccc5ccccc45)cc(C(C)CC)c4ccc1c2c43. The second-order valence-electron chi connectivity index (χ2n) is 18.2. The van der Waals surface area contributed by atoms with E-state index in [0.717, 1.165) is 55.5 Å². The predicted octanol–water partition coefficient (Wildman–Crippen LogP) is 16.7. The van der Waals surface area contributed by atoms with Crippen LogP contribution in [0.15, 0.2) is 164 Å². The van der Waals surface area contributed by atoms with Crippen LogP contribution in [0, 0.1) is 0 Å². The van der Waals surface area contributed by atoms with Crippen molar-refractivity contribution in [1.82, 2.24) is 0 Å². The van der Waals surface area contributed by atoms with Gasteiger partial charge in [-0.05, 0) is 140 Å². The molecule has 0 amide bonds. The molecule has 326 valence electrons. The van der Waals surface area contributed by atoms with Gasteiger partial charge in [0.25, 0.3) is 0 Å². The van der Waals surface area contributed by atoms with E-state index in [1.54, 1.807) is 0 Å². The Morgan fingerprint density at radius 3 is 1.66 bits per heavy atom. The Labute approximate surface area is 387 Å². The molecule has 0 aliphatic heterocycles. The second kappa shape index (κ2) is 19.2. The Balaban J connectivity index is 1.35. The van der Waals surface area contributed by atoms with Crippen LogP contribution in [0.25, 0.3) is 55.7 Å². The van der Waals surface area contributed by atoms with Gasteiger partial charge >= 0.3 is 0 Å². The van der Waals surface area contributed by atoms with Crippen molar-refractivity contribution >= 4 is 84.2 Å². The van der Waals surface area contributed by atoms with E-state index < -0.39 is 0 Å². The molecular formula is C63H64N2. The van der Waals surface area contributed by atoms with Crippen molar-refractivity contribution < 1.29 is 0 Å². The Morgan fingerprint density at radius 2 is 1.05 bits per heavy atom. The van der Waals surface area contributed by atoms with Crippen molar-refractivity contribution in [3.05, 3.63) is 197 Å². The standard InChI is InChI=1S/C63H64N2/c1-8-19-46-28-32-50(33-29-46)64(40-17-16-23-48-22-13-12-21-45(48)7)60-41-57(43(5)10-3)53-37-39-56-61(42-58(44(6)11-4)54-36-38-55(60)62(53)63(54)56)65(51-34-30-47(20-9-2)31-35-51)59-27-18-25-49-24-14-15-26-52(49)59/h12-18,21-39,41-44H,7-11,19-20,40H2,1-6H3/b17-16-,48-23-. The number of rotatable bonds is 16. The fourth-order valence-corrected chi connectivity index (χ4v) is 10.1. The van der Waals surface area contributed by atoms with Crippen LogP contribution in [0.2, 0.25) is 0 Å². The summed E-state index contributed by atoms with van der Waals surface area (Å²) in [6.07, 6.45) is 13.2. The molecule has 2 unspecified atom stereocenters. The van der Waals surface area contributed by atoms with Crippen molar-refractivity contribution in [2.45, 2.75) is 91.9 Å². The van der Waals surface area contributed by atoms with E-state index in [4.69, 9.17) is 0 Å². The van der Waals surface area contributed by atoms with Crippen molar-refractivity contribution in [3.63, 3.8) is 0 Å². The van der Waals surface area contributed by atoms with Gasteiger partial charge in [0.1, 0.15) is 0 Å². The maximum absolute atomic E-state index is 4.28. The predicted molar refractivity (Wildman–Crippen MR) is 286 cm³/mol. The van der Waals surface area contributed by atoms with Gasteiger partial charge in [-0.3, -0.25) is 0 Å². The van der Waals surface area contributed by atoms with Crippen LogP contribution in [0.3, 0.4) is 0 Å². The van der Waals surface area contributed by atoms with Crippen molar-refractivity contribution in [3.8, 4) is 0 Å². The third-order valence-electron chi connectivity index (χ3n) is 14.0. The Kier molecular flexibility index (Phi) is 12.9. The first-order valence-electron chi connectivity index (χ1n) is 24.3. The highest BCUT2D eigenvalue weighted by Crippen LogP contribution is 2.51. The van der Waals surface area contributed by atoms with E-state index in [9.17, 15) is 0 Å². The molecular weight excluding hydrogens is 785 g/mol. The van der Waals surface area contributed by atoms with Crippen LogP contribution in [-0.4, -0.2) is 6.54 Å². The molecule has 0 heterocycles. The van der Waals surface area contributed by atoms with Gasteiger partial charge in [-0.1, -0.05) is 188 Å². The molecule has 9 aromatic rings. The van der Waals surface area contributed by atoms with Gasteiger partial charge in [0.15, 0.2) is 0 Å². The molecule has 9 aromatic carbocycles. The summed E-state index contributed by atoms with van der Waals surface area (Å²) in [5, 5.41) is 12.7. The van der Waals surface area contributed by atoms with Gasteiger partial charge < -0.3 is 9.80 Å². The fraction of sp³-hybridized carbons (Fsp3) is 0.238. The monoisotopic (exact) mass is 849 g/mol. The summed E-state index contributed by atoms with van der Waals surface area (Å²) in [4.78, 5) is 5.10. The van der Waals surface area contributed by atoms with E-state index in [1.165, 1.54) is 93.8 Å². The summed E-state index contributed by atoms with van der Waals surface area (Å²) in [5.74, 6) is 0.725. The molecule has 0 aliphatic carbocycles. The Hall–Kier alpha value is -6.64. The highest BCUT2D eigenvalue weighted by molar-refractivity contribution is 6.29. The van der Waals surface area contributed by atoms with Crippen molar-refractivity contribution in [1.29, 1.82) is 0 Å². The number of nitrogens with zero attached hydrogens (tertiary/aromatic N) is 2. The molecule has 0 aliphatic rings.